The molecule has 0 bridgehead atoms. The van der Waals surface area contributed by atoms with Crippen LogP contribution in [0.4, 0.5) is 4.79 Å². The fourth-order valence-corrected chi connectivity index (χ4v) is 3.25. The lowest BCUT2D eigenvalue weighted by Crippen LogP contribution is -2.41. The standard InChI is InChI=1S/C21H19N3O4/c25-20(23-27)18-13-24(21(26)22-18)12-14-8-10-16(11-9-14)28-19-7-3-5-15-4-1-2-6-17(15)19/h1-11,18,27H,12-13H2,(H,22,26)(H,23,25)/t18-/m1/s1. The lowest BCUT2D eigenvalue weighted by Gasteiger charge is -2.15. The smallest absolute Gasteiger partial charge is 0.318 e. The maximum Gasteiger partial charge on any atom is 0.318 e. The van der Waals surface area contributed by atoms with Gasteiger partial charge in [0.2, 0.25) is 0 Å². The van der Waals surface area contributed by atoms with E-state index in [9.17, 15) is 9.59 Å². The summed E-state index contributed by atoms with van der Waals surface area (Å²) in [6.07, 6.45) is 0. The van der Waals surface area contributed by atoms with Gasteiger partial charge in [0.15, 0.2) is 0 Å². The van der Waals surface area contributed by atoms with Gasteiger partial charge in [0.05, 0.1) is 6.54 Å². The molecule has 7 nitrogen and oxygen atoms in total. The molecule has 0 saturated carbocycles. The minimum absolute atomic E-state index is 0.194. The van der Waals surface area contributed by atoms with Crippen molar-refractivity contribution in [3.8, 4) is 11.5 Å². The number of fused-ring (bicyclic) bond motifs is 1. The summed E-state index contributed by atoms with van der Waals surface area (Å²) in [6.45, 7) is 0.551. The fourth-order valence-electron chi connectivity index (χ4n) is 3.25. The van der Waals surface area contributed by atoms with Crippen LogP contribution >= 0.6 is 0 Å². The summed E-state index contributed by atoms with van der Waals surface area (Å²) >= 11 is 0. The summed E-state index contributed by atoms with van der Waals surface area (Å²) in [5, 5.41) is 13.4. The van der Waals surface area contributed by atoms with Gasteiger partial charge < -0.3 is 15.0 Å². The molecule has 28 heavy (non-hydrogen) atoms. The van der Waals surface area contributed by atoms with E-state index in [0.29, 0.717) is 12.3 Å². The Labute approximate surface area is 161 Å². The van der Waals surface area contributed by atoms with E-state index in [1.807, 2.05) is 66.7 Å². The van der Waals surface area contributed by atoms with Crippen LogP contribution in [0, 0.1) is 0 Å². The second kappa shape index (κ2) is 7.58. The molecule has 7 heteroatoms. The van der Waals surface area contributed by atoms with Crippen LogP contribution in [-0.4, -0.2) is 34.6 Å². The second-order valence-corrected chi connectivity index (χ2v) is 6.58. The molecule has 3 N–H and O–H groups in total. The zero-order valence-electron chi connectivity index (χ0n) is 15.0. The summed E-state index contributed by atoms with van der Waals surface area (Å²) in [5.41, 5.74) is 2.47. The molecule has 3 amide bonds. The molecule has 1 atom stereocenters. The Morgan fingerprint density at radius 2 is 1.86 bits per heavy atom. The summed E-state index contributed by atoms with van der Waals surface area (Å²) in [6, 6.07) is 20.3. The van der Waals surface area contributed by atoms with Crippen LogP contribution in [-0.2, 0) is 11.3 Å². The molecule has 1 aliphatic heterocycles. The van der Waals surface area contributed by atoms with Gasteiger partial charge >= 0.3 is 6.03 Å². The van der Waals surface area contributed by atoms with E-state index < -0.39 is 11.9 Å². The van der Waals surface area contributed by atoms with Crippen LogP contribution in [0.15, 0.2) is 66.7 Å². The zero-order valence-corrected chi connectivity index (χ0v) is 15.0. The van der Waals surface area contributed by atoms with E-state index in [2.05, 4.69) is 5.32 Å². The van der Waals surface area contributed by atoms with Gasteiger partial charge in [-0.15, -0.1) is 0 Å². The van der Waals surface area contributed by atoms with E-state index in [1.54, 1.807) is 5.48 Å². The molecule has 0 unspecified atom stereocenters. The number of carbonyl (C=O) groups is 2. The quantitative estimate of drug-likeness (QED) is 0.471. The van der Waals surface area contributed by atoms with Gasteiger partial charge in [-0.2, -0.15) is 0 Å². The van der Waals surface area contributed by atoms with Crippen molar-refractivity contribution in [2.75, 3.05) is 6.54 Å². The number of nitrogens with one attached hydrogen (secondary N) is 2. The average Bonchev–Trinajstić information content (AvgIpc) is 3.09. The van der Waals surface area contributed by atoms with Crippen molar-refractivity contribution in [3.05, 3.63) is 72.3 Å². The maximum atomic E-state index is 12.0. The SMILES string of the molecule is O=C(NO)[C@H]1CN(Cc2ccc(Oc3cccc4ccccc34)cc2)C(=O)N1. The maximum absolute atomic E-state index is 12.0. The first-order chi connectivity index (χ1) is 13.6. The highest BCUT2D eigenvalue weighted by Crippen LogP contribution is 2.30. The number of rotatable bonds is 5. The number of amides is 3. The Kier molecular flexibility index (Phi) is 4.82. The Hall–Kier alpha value is -3.58. The summed E-state index contributed by atoms with van der Waals surface area (Å²) < 4.78 is 6.03. The third-order valence-corrected chi connectivity index (χ3v) is 4.69. The van der Waals surface area contributed by atoms with E-state index >= 15 is 0 Å². The van der Waals surface area contributed by atoms with Gasteiger partial charge in [0, 0.05) is 11.9 Å². The Morgan fingerprint density at radius 1 is 1.11 bits per heavy atom. The van der Waals surface area contributed by atoms with Crippen LogP contribution in [0.2, 0.25) is 0 Å². The molecule has 0 spiro atoms. The van der Waals surface area contributed by atoms with E-state index in [1.165, 1.54) is 4.90 Å². The predicted octanol–water partition coefficient (Wildman–Crippen LogP) is 3.03. The van der Waals surface area contributed by atoms with Crippen molar-refractivity contribution in [2.24, 2.45) is 0 Å². The number of benzene rings is 3. The molecule has 3 aromatic rings. The largest absolute Gasteiger partial charge is 0.457 e. The van der Waals surface area contributed by atoms with Crippen molar-refractivity contribution < 1.29 is 19.5 Å². The van der Waals surface area contributed by atoms with Crippen LogP contribution in [0.3, 0.4) is 0 Å². The average molecular weight is 377 g/mol. The van der Waals surface area contributed by atoms with Crippen LogP contribution < -0.4 is 15.5 Å². The molecular weight excluding hydrogens is 358 g/mol. The summed E-state index contributed by atoms with van der Waals surface area (Å²) in [4.78, 5) is 24.9. The molecular formula is C21H19N3O4. The molecule has 3 aromatic carbocycles. The van der Waals surface area contributed by atoms with E-state index in [-0.39, 0.29) is 12.6 Å². The summed E-state index contributed by atoms with van der Waals surface area (Å²) in [7, 11) is 0. The minimum Gasteiger partial charge on any atom is -0.457 e. The number of ether oxygens (including phenoxy) is 1. The third-order valence-electron chi connectivity index (χ3n) is 4.69. The number of urea groups is 1. The molecule has 1 aliphatic rings. The highest BCUT2D eigenvalue weighted by Gasteiger charge is 2.33. The Balaban J connectivity index is 1.44. The van der Waals surface area contributed by atoms with Crippen molar-refractivity contribution in [2.45, 2.75) is 12.6 Å². The molecule has 0 radical (unpaired) electrons. The van der Waals surface area contributed by atoms with Gasteiger partial charge in [0.25, 0.3) is 5.91 Å². The first-order valence-electron chi connectivity index (χ1n) is 8.88. The number of hydrogen-bond donors (Lipinski definition) is 3. The lowest BCUT2D eigenvalue weighted by molar-refractivity contribution is -0.130. The predicted molar refractivity (Wildman–Crippen MR) is 103 cm³/mol. The van der Waals surface area contributed by atoms with Crippen LogP contribution in [0.1, 0.15) is 5.56 Å². The lowest BCUT2D eigenvalue weighted by atomic mass is 10.1. The number of carbonyl (C=O) groups excluding carboxylic acids is 2. The first-order valence-corrected chi connectivity index (χ1v) is 8.88. The molecule has 0 aromatic heterocycles. The molecule has 1 fully saturated rings. The third kappa shape index (κ3) is 3.60. The highest BCUT2D eigenvalue weighted by atomic mass is 16.5. The first kappa shape index (κ1) is 17.8. The second-order valence-electron chi connectivity index (χ2n) is 6.58. The number of nitrogens with zero attached hydrogens (tertiary/aromatic N) is 1. The van der Waals surface area contributed by atoms with Crippen molar-refractivity contribution >= 4 is 22.7 Å². The molecule has 0 aliphatic carbocycles. The Bertz CT molecular complexity index is 1010. The van der Waals surface area contributed by atoms with Gasteiger partial charge in [-0.3, -0.25) is 10.0 Å². The normalized spacial score (nSPS) is 16.1. The van der Waals surface area contributed by atoms with Crippen LogP contribution in [0.25, 0.3) is 10.8 Å². The van der Waals surface area contributed by atoms with Crippen molar-refractivity contribution in [1.29, 1.82) is 0 Å². The Morgan fingerprint density at radius 3 is 2.64 bits per heavy atom. The van der Waals surface area contributed by atoms with Crippen LogP contribution in [0.5, 0.6) is 11.5 Å². The van der Waals surface area contributed by atoms with Gasteiger partial charge in [-0.1, -0.05) is 48.5 Å². The van der Waals surface area contributed by atoms with E-state index in [4.69, 9.17) is 9.94 Å². The number of hydrogen-bond acceptors (Lipinski definition) is 4. The molecule has 4 rings (SSSR count). The van der Waals surface area contributed by atoms with Crippen molar-refractivity contribution in [1.82, 2.24) is 15.7 Å². The van der Waals surface area contributed by atoms with Gasteiger partial charge in [-0.05, 0) is 29.1 Å². The molecule has 1 saturated heterocycles. The summed E-state index contributed by atoms with van der Waals surface area (Å²) in [5.74, 6) is 0.848. The van der Waals surface area contributed by atoms with Gasteiger partial charge in [0.1, 0.15) is 17.5 Å². The fraction of sp³-hybridized carbons (Fsp3) is 0.143. The van der Waals surface area contributed by atoms with Crippen molar-refractivity contribution in [3.63, 3.8) is 0 Å². The highest BCUT2D eigenvalue weighted by molar-refractivity contribution is 5.90. The minimum atomic E-state index is -0.758. The zero-order chi connectivity index (χ0) is 19.5. The van der Waals surface area contributed by atoms with E-state index in [0.717, 1.165) is 22.1 Å². The topological polar surface area (TPSA) is 90.9 Å². The monoisotopic (exact) mass is 377 g/mol. The van der Waals surface area contributed by atoms with Gasteiger partial charge in [-0.25, -0.2) is 10.3 Å². The molecule has 142 valence electrons. The number of hydroxylamine groups is 1. The molecule has 1 heterocycles.